The summed E-state index contributed by atoms with van der Waals surface area (Å²) in [5.41, 5.74) is 28.7. The van der Waals surface area contributed by atoms with Gasteiger partial charge in [0.25, 0.3) is 0 Å². The predicted octanol–water partition coefficient (Wildman–Crippen LogP) is 15.9. The van der Waals surface area contributed by atoms with E-state index in [0.29, 0.717) is 0 Å². The van der Waals surface area contributed by atoms with Crippen LogP contribution in [0.1, 0.15) is 100 Å². The van der Waals surface area contributed by atoms with E-state index in [9.17, 15) is 0 Å². The molecule has 6 nitrogen and oxygen atoms in total. The molecule has 0 fully saturated rings. The van der Waals surface area contributed by atoms with Gasteiger partial charge in [-0.2, -0.15) is 0 Å². The first kappa shape index (κ1) is 50.5. The van der Waals surface area contributed by atoms with Crippen molar-refractivity contribution in [3.63, 3.8) is 0 Å². The molecule has 6 heteroatoms. The number of hydrogen-bond donors (Lipinski definition) is 0. The molecule has 0 saturated carbocycles. The molecule has 0 atom stereocenters. The molecule has 0 bridgehead atoms. The van der Waals surface area contributed by atoms with Gasteiger partial charge in [0.05, 0.1) is 0 Å². The van der Waals surface area contributed by atoms with Crippen LogP contribution in [0.4, 0.5) is 0 Å². The van der Waals surface area contributed by atoms with Gasteiger partial charge in [0.2, 0.25) is 0 Å². The molecule has 0 unspecified atom stereocenters. The smallest absolute Gasteiger partial charge is 0.0247 e. The van der Waals surface area contributed by atoms with Crippen LogP contribution in [0.3, 0.4) is 0 Å². The van der Waals surface area contributed by atoms with Crippen LogP contribution in [0.25, 0.3) is 43.4 Å². The summed E-state index contributed by atoms with van der Waals surface area (Å²) in [7, 11) is 0. The number of hydrogen-bond acceptors (Lipinski definition) is 6. The first-order valence-corrected chi connectivity index (χ1v) is 30.8. The van der Waals surface area contributed by atoms with Gasteiger partial charge in [-0.25, -0.2) is 0 Å². The maximum Gasteiger partial charge on any atom is 0.0247 e. The van der Waals surface area contributed by atoms with Crippen molar-refractivity contribution in [1.29, 1.82) is 0 Å². The average molecular weight is 1090 g/mol. The zero-order chi connectivity index (χ0) is 55.2. The standard InChI is InChI=1S/C78H70N6/c1-2-11-64-42-79(41-63(64)10-1)35-53-26-54(36-80-43-65-12-3-4-13-66(65)44-80)28-55(27-53)37-81-45-67-25-24-61(32-74(67)51-81)73-33-62-18-9-23-72-50-84(52-75(34-73)78(62)72)40-58-30-56(38-82-46-68-19-5-14-59-15-6-20-69(47-82)76(59)68)29-57(31-58)39-83-48-70-21-7-16-60-17-8-22-71(49-83)77(60)70/h1-34H,35-52H2. The van der Waals surface area contributed by atoms with Crippen LogP contribution in [-0.2, 0) is 118 Å². The van der Waals surface area contributed by atoms with Crippen LogP contribution in [0.5, 0.6) is 0 Å². The van der Waals surface area contributed by atoms with Crippen molar-refractivity contribution in [3.05, 3.63) is 306 Å². The van der Waals surface area contributed by atoms with Gasteiger partial charge in [0.1, 0.15) is 0 Å². The van der Waals surface area contributed by atoms with E-state index >= 15 is 0 Å². The van der Waals surface area contributed by atoms with Crippen LogP contribution in [0, 0.1) is 0 Å². The third-order valence-electron chi connectivity index (χ3n) is 19.5. The van der Waals surface area contributed by atoms with Gasteiger partial charge in [-0.05, 0) is 162 Å². The van der Waals surface area contributed by atoms with Crippen molar-refractivity contribution >= 4 is 32.3 Å². The van der Waals surface area contributed by atoms with Crippen molar-refractivity contribution in [2.24, 2.45) is 0 Å². The zero-order valence-corrected chi connectivity index (χ0v) is 48.0. The van der Waals surface area contributed by atoms with Crippen molar-refractivity contribution in [3.8, 4) is 11.1 Å². The van der Waals surface area contributed by atoms with Crippen molar-refractivity contribution < 1.29 is 0 Å². The third kappa shape index (κ3) is 9.75. The lowest BCUT2D eigenvalue weighted by molar-refractivity contribution is 0.235. The minimum absolute atomic E-state index is 0.906. The highest BCUT2D eigenvalue weighted by molar-refractivity contribution is 5.94. The summed E-state index contributed by atoms with van der Waals surface area (Å²) in [6.45, 7) is 17.4. The van der Waals surface area contributed by atoms with Gasteiger partial charge < -0.3 is 0 Å². The summed E-state index contributed by atoms with van der Waals surface area (Å²) >= 11 is 0. The molecule has 6 heterocycles. The maximum absolute atomic E-state index is 2.70. The zero-order valence-electron chi connectivity index (χ0n) is 48.0. The molecule has 0 N–H and O–H groups in total. The Balaban J connectivity index is 0.623. The van der Waals surface area contributed by atoms with Crippen LogP contribution < -0.4 is 0 Å². The monoisotopic (exact) mass is 1090 g/mol. The van der Waals surface area contributed by atoms with Crippen LogP contribution in [0.2, 0.25) is 0 Å². The normalized spacial score (nSPS) is 17.0. The topological polar surface area (TPSA) is 19.4 Å². The Morgan fingerprint density at radius 3 is 0.810 bits per heavy atom. The molecule has 0 amide bonds. The third-order valence-corrected chi connectivity index (χ3v) is 19.5. The first-order valence-electron chi connectivity index (χ1n) is 30.8. The lowest BCUT2D eigenvalue weighted by Crippen LogP contribution is -2.28. The summed E-state index contributed by atoms with van der Waals surface area (Å²) in [5.74, 6) is 0. The maximum atomic E-state index is 2.70. The van der Waals surface area contributed by atoms with Gasteiger partial charge in [-0.15, -0.1) is 0 Å². The molecule has 412 valence electrons. The fourth-order valence-electron chi connectivity index (χ4n) is 16.1. The van der Waals surface area contributed by atoms with Crippen molar-refractivity contribution in [2.75, 3.05) is 0 Å². The van der Waals surface area contributed by atoms with E-state index in [0.717, 1.165) is 118 Å². The second-order valence-electron chi connectivity index (χ2n) is 25.7. The number of fused-ring (bicyclic) bond motifs is 3. The average Bonchev–Trinajstić information content (AvgIpc) is 2.14. The van der Waals surface area contributed by atoms with Crippen molar-refractivity contribution in [1.82, 2.24) is 29.4 Å². The van der Waals surface area contributed by atoms with Gasteiger partial charge in [0.15, 0.2) is 0 Å². The molecule has 17 rings (SSSR count). The highest BCUT2D eigenvalue weighted by Gasteiger charge is 2.27. The molecule has 0 saturated heterocycles. The molecule has 0 radical (unpaired) electrons. The predicted molar refractivity (Wildman–Crippen MR) is 341 cm³/mol. The van der Waals surface area contributed by atoms with Crippen LogP contribution >= 0.6 is 0 Å². The van der Waals surface area contributed by atoms with E-state index in [2.05, 4.69) is 236 Å². The Bertz CT molecular complexity index is 4100. The summed E-state index contributed by atoms with van der Waals surface area (Å²) in [4.78, 5) is 15.9. The molecule has 6 aliphatic rings. The van der Waals surface area contributed by atoms with Gasteiger partial charge in [-0.3, -0.25) is 29.4 Å². The Kier molecular flexibility index (Phi) is 12.6. The number of nitrogens with zero attached hydrogens (tertiary/aromatic N) is 6. The molecule has 11 aromatic carbocycles. The van der Waals surface area contributed by atoms with Gasteiger partial charge in [-0.1, -0.05) is 188 Å². The van der Waals surface area contributed by atoms with E-state index in [1.54, 1.807) is 0 Å². The molecule has 11 aromatic rings. The lowest BCUT2D eigenvalue weighted by atomic mass is 9.90. The summed E-state index contributed by atoms with van der Waals surface area (Å²) in [5, 5.41) is 8.44. The van der Waals surface area contributed by atoms with E-state index < -0.39 is 0 Å². The summed E-state index contributed by atoms with van der Waals surface area (Å²) in [6, 6.07) is 79.9. The lowest BCUT2D eigenvalue weighted by Gasteiger charge is -2.32. The quantitative estimate of drug-likeness (QED) is 0.114. The van der Waals surface area contributed by atoms with E-state index in [1.165, 1.54) is 144 Å². The Morgan fingerprint density at radius 1 is 0.190 bits per heavy atom. The van der Waals surface area contributed by atoms with Crippen LogP contribution in [-0.4, -0.2) is 29.4 Å². The second kappa shape index (κ2) is 20.9. The highest BCUT2D eigenvalue weighted by Crippen LogP contribution is 2.39. The van der Waals surface area contributed by atoms with Gasteiger partial charge in [0, 0.05) is 118 Å². The number of rotatable bonds is 13. The van der Waals surface area contributed by atoms with E-state index in [1.807, 2.05) is 0 Å². The minimum Gasteiger partial charge on any atom is -0.291 e. The Morgan fingerprint density at radius 2 is 0.452 bits per heavy atom. The van der Waals surface area contributed by atoms with Crippen molar-refractivity contribution in [2.45, 2.75) is 118 Å². The first-order chi connectivity index (χ1) is 41.4. The second-order valence-corrected chi connectivity index (χ2v) is 25.7. The molecule has 0 aliphatic carbocycles. The SMILES string of the molecule is c1ccc2c(c1)CN(Cc1cc(CN3Cc4ccccc4C3)cc(CN3Cc4ccc(-c5cc6c7c(cccc7c5)CN(Cc5cc(CN7Cc8cccc9cccc(c89)C7)cc(CN7Cc8cccc9cccc(c89)C7)c5)C6)cc4C3)c1)C2. The fraction of sp³-hybridized carbons (Fsp3) is 0.231. The van der Waals surface area contributed by atoms with E-state index in [-0.39, 0.29) is 0 Å². The minimum atomic E-state index is 0.906. The Hall–Kier alpha value is -8.04. The largest absolute Gasteiger partial charge is 0.291 e. The molecule has 0 spiro atoms. The summed E-state index contributed by atoms with van der Waals surface area (Å²) < 4.78 is 0. The highest BCUT2D eigenvalue weighted by atomic mass is 15.2. The van der Waals surface area contributed by atoms with Gasteiger partial charge >= 0.3 is 0 Å². The molecular weight excluding hydrogens is 1020 g/mol. The number of benzene rings is 11. The Labute approximate surface area is 494 Å². The molecule has 0 aromatic heterocycles. The fourth-order valence-corrected chi connectivity index (χ4v) is 16.1. The molecule has 84 heavy (non-hydrogen) atoms. The molecular formula is C78H70N6. The summed E-state index contributed by atoms with van der Waals surface area (Å²) in [6.07, 6.45) is 0. The molecule has 6 aliphatic heterocycles. The van der Waals surface area contributed by atoms with E-state index in [4.69, 9.17) is 0 Å². The van der Waals surface area contributed by atoms with Crippen LogP contribution in [0.15, 0.2) is 206 Å².